The van der Waals surface area contributed by atoms with E-state index in [-0.39, 0.29) is 35.8 Å². The van der Waals surface area contributed by atoms with E-state index in [1.54, 1.807) is 26.4 Å². The maximum atomic E-state index is 14.3. The molecule has 1 aromatic carbocycles. The number of pyridine rings is 1. The van der Waals surface area contributed by atoms with E-state index >= 15 is 0 Å². The quantitative estimate of drug-likeness (QED) is 0.316. The number of hydrogen-bond donors (Lipinski definition) is 2. The van der Waals surface area contributed by atoms with E-state index in [4.69, 9.17) is 9.47 Å². The monoisotopic (exact) mass is 514 g/mol. The Morgan fingerprint density at radius 1 is 1.31 bits per heavy atom. The number of aliphatic imine (C=N–C) groups is 1. The molecule has 2 aromatic rings. The van der Waals surface area contributed by atoms with Gasteiger partial charge in [0, 0.05) is 25.9 Å². The molecule has 1 atom stereocenters. The summed E-state index contributed by atoms with van der Waals surface area (Å²) < 4.78 is 24.9. The van der Waals surface area contributed by atoms with Crippen LogP contribution in [-0.2, 0) is 6.54 Å². The second-order valence-corrected chi connectivity index (χ2v) is 6.94. The van der Waals surface area contributed by atoms with Gasteiger partial charge in [0.15, 0.2) is 17.5 Å². The number of benzene rings is 1. The molecule has 0 radical (unpaired) electrons. The first-order valence-electron chi connectivity index (χ1n) is 9.47. The van der Waals surface area contributed by atoms with Gasteiger partial charge < -0.3 is 20.1 Å². The third kappa shape index (κ3) is 7.02. The van der Waals surface area contributed by atoms with Gasteiger partial charge in [-0.3, -0.25) is 4.99 Å². The molecule has 0 aliphatic heterocycles. The van der Waals surface area contributed by atoms with Gasteiger partial charge in [0.25, 0.3) is 0 Å². The molecule has 3 rings (SSSR count). The zero-order valence-electron chi connectivity index (χ0n) is 16.9. The third-order valence-electron chi connectivity index (χ3n) is 4.67. The van der Waals surface area contributed by atoms with Crippen LogP contribution >= 0.6 is 24.0 Å². The van der Waals surface area contributed by atoms with E-state index in [9.17, 15) is 4.39 Å². The van der Waals surface area contributed by atoms with Crippen LogP contribution in [0.1, 0.15) is 36.9 Å². The Hall–Kier alpha value is -2.10. The lowest BCUT2D eigenvalue weighted by Gasteiger charge is -2.19. The van der Waals surface area contributed by atoms with Crippen molar-refractivity contribution in [1.29, 1.82) is 0 Å². The van der Waals surface area contributed by atoms with Crippen molar-refractivity contribution < 1.29 is 13.9 Å². The van der Waals surface area contributed by atoms with Crippen LogP contribution in [0.4, 0.5) is 4.39 Å². The predicted molar refractivity (Wildman–Crippen MR) is 123 cm³/mol. The highest BCUT2D eigenvalue weighted by molar-refractivity contribution is 14.0. The van der Waals surface area contributed by atoms with Crippen molar-refractivity contribution in [3.05, 3.63) is 53.5 Å². The van der Waals surface area contributed by atoms with Gasteiger partial charge in [0.2, 0.25) is 5.88 Å². The summed E-state index contributed by atoms with van der Waals surface area (Å²) in [5, 5.41) is 6.50. The number of aromatic nitrogens is 1. The van der Waals surface area contributed by atoms with E-state index in [1.807, 2.05) is 25.1 Å². The van der Waals surface area contributed by atoms with Crippen molar-refractivity contribution in [1.82, 2.24) is 15.6 Å². The Labute approximate surface area is 188 Å². The maximum absolute atomic E-state index is 14.3. The van der Waals surface area contributed by atoms with E-state index in [0.29, 0.717) is 36.7 Å². The summed E-state index contributed by atoms with van der Waals surface area (Å²) in [7, 11) is 3.28. The summed E-state index contributed by atoms with van der Waals surface area (Å²) >= 11 is 0. The SMILES string of the molecule is CN=C(NCc1ccc(OC)nc1)NC(C)c1ccc(OCC2CC2)c(F)c1.I. The first-order valence-corrected chi connectivity index (χ1v) is 9.47. The van der Waals surface area contributed by atoms with Gasteiger partial charge in [0.05, 0.1) is 19.8 Å². The molecule has 0 bridgehead atoms. The van der Waals surface area contributed by atoms with Crippen molar-refractivity contribution >= 4 is 29.9 Å². The predicted octanol–water partition coefficient (Wildman–Crippen LogP) is 4.06. The number of ether oxygens (including phenoxy) is 2. The molecule has 1 fully saturated rings. The number of halogens is 2. The van der Waals surface area contributed by atoms with Gasteiger partial charge in [-0.05, 0) is 48.9 Å². The van der Waals surface area contributed by atoms with E-state index in [2.05, 4.69) is 20.6 Å². The average molecular weight is 514 g/mol. The lowest BCUT2D eigenvalue weighted by Crippen LogP contribution is -2.38. The van der Waals surface area contributed by atoms with Gasteiger partial charge in [-0.2, -0.15) is 0 Å². The number of nitrogens with one attached hydrogen (secondary N) is 2. The standard InChI is InChI=1S/C21H27FN4O2.HI/c1-14(17-7-8-19(18(22)10-17)28-13-15-4-5-15)26-21(23-2)25-12-16-6-9-20(27-3)24-11-16;/h6-11,14-15H,4-5,12-13H2,1-3H3,(H2,23,25,26);1H. The zero-order chi connectivity index (χ0) is 19.9. The molecule has 0 saturated heterocycles. The van der Waals surface area contributed by atoms with Crippen molar-refractivity contribution in [2.75, 3.05) is 20.8 Å². The molecule has 1 aliphatic carbocycles. The molecule has 8 heteroatoms. The fourth-order valence-corrected chi connectivity index (χ4v) is 2.70. The topological polar surface area (TPSA) is 67.8 Å². The van der Waals surface area contributed by atoms with Gasteiger partial charge in [-0.15, -0.1) is 24.0 Å². The smallest absolute Gasteiger partial charge is 0.212 e. The Kier molecular flexibility index (Phi) is 8.94. The molecule has 2 N–H and O–H groups in total. The minimum absolute atomic E-state index is 0. The van der Waals surface area contributed by atoms with Gasteiger partial charge in [-0.1, -0.05) is 12.1 Å². The molecule has 1 unspecified atom stereocenters. The molecule has 1 aromatic heterocycles. The summed E-state index contributed by atoms with van der Waals surface area (Å²) in [5.74, 6) is 1.77. The van der Waals surface area contributed by atoms with Gasteiger partial charge in [0.1, 0.15) is 0 Å². The molecule has 158 valence electrons. The molecule has 6 nitrogen and oxygen atoms in total. The van der Waals surface area contributed by atoms with E-state index in [0.717, 1.165) is 11.1 Å². The Balaban J connectivity index is 0.00000300. The zero-order valence-corrected chi connectivity index (χ0v) is 19.3. The molecule has 0 spiro atoms. The van der Waals surface area contributed by atoms with Crippen LogP contribution in [0, 0.1) is 11.7 Å². The van der Waals surface area contributed by atoms with Crippen molar-refractivity contribution in [3.8, 4) is 11.6 Å². The summed E-state index contributed by atoms with van der Waals surface area (Å²) in [6.45, 7) is 3.12. The first-order chi connectivity index (χ1) is 13.6. The Bertz CT molecular complexity index is 813. The van der Waals surface area contributed by atoms with Crippen LogP contribution in [0.3, 0.4) is 0 Å². The molecule has 0 amide bonds. The van der Waals surface area contributed by atoms with Crippen LogP contribution in [0.25, 0.3) is 0 Å². The normalized spacial score (nSPS) is 14.6. The Morgan fingerprint density at radius 2 is 2.10 bits per heavy atom. The van der Waals surface area contributed by atoms with Crippen molar-refractivity contribution in [3.63, 3.8) is 0 Å². The first kappa shape index (κ1) is 23.2. The second-order valence-electron chi connectivity index (χ2n) is 6.94. The molecular formula is C21H28FIN4O2. The van der Waals surface area contributed by atoms with Crippen LogP contribution in [0.2, 0.25) is 0 Å². The number of nitrogens with zero attached hydrogens (tertiary/aromatic N) is 2. The molecule has 1 heterocycles. The molecular weight excluding hydrogens is 486 g/mol. The average Bonchev–Trinajstić information content (AvgIpc) is 3.54. The minimum Gasteiger partial charge on any atom is -0.490 e. The van der Waals surface area contributed by atoms with Crippen LogP contribution < -0.4 is 20.1 Å². The van der Waals surface area contributed by atoms with Gasteiger partial charge >= 0.3 is 0 Å². The van der Waals surface area contributed by atoms with Crippen LogP contribution in [0.15, 0.2) is 41.5 Å². The van der Waals surface area contributed by atoms with Gasteiger partial charge in [-0.25, -0.2) is 9.37 Å². The fraction of sp³-hybridized carbons (Fsp3) is 0.429. The summed E-state index contributed by atoms with van der Waals surface area (Å²) in [6, 6.07) is 8.72. The van der Waals surface area contributed by atoms with Crippen LogP contribution in [0.5, 0.6) is 11.6 Å². The van der Waals surface area contributed by atoms with Crippen LogP contribution in [-0.4, -0.2) is 31.7 Å². The maximum Gasteiger partial charge on any atom is 0.212 e. The lowest BCUT2D eigenvalue weighted by molar-refractivity contribution is 0.285. The molecule has 1 saturated carbocycles. The molecule has 1 aliphatic rings. The highest BCUT2D eigenvalue weighted by Crippen LogP contribution is 2.30. The Morgan fingerprint density at radius 3 is 2.69 bits per heavy atom. The third-order valence-corrected chi connectivity index (χ3v) is 4.67. The molecule has 29 heavy (non-hydrogen) atoms. The minimum atomic E-state index is -0.334. The summed E-state index contributed by atoms with van der Waals surface area (Å²) in [5.41, 5.74) is 1.82. The van der Waals surface area contributed by atoms with E-state index in [1.165, 1.54) is 18.9 Å². The fourth-order valence-electron chi connectivity index (χ4n) is 2.70. The van der Waals surface area contributed by atoms with Crippen molar-refractivity contribution in [2.24, 2.45) is 10.9 Å². The summed E-state index contributed by atoms with van der Waals surface area (Å²) in [6.07, 6.45) is 4.11. The lowest BCUT2D eigenvalue weighted by atomic mass is 10.1. The van der Waals surface area contributed by atoms with Crippen molar-refractivity contribution in [2.45, 2.75) is 32.4 Å². The highest BCUT2D eigenvalue weighted by Gasteiger charge is 2.22. The number of hydrogen-bond acceptors (Lipinski definition) is 4. The number of methoxy groups -OCH3 is 1. The number of guanidine groups is 1. The largest absolute Gasteiger partial charge is 0.490 e. The second kappa shape index (κ2) is 11.2. The highest BCUT2D eigenvalue weighted by atomic mass is 127. The van der Waals surface area contributed by atoms with E-state index < -0.39 is 0 Å². The summed E-state index contributed by atoms with van der Waals surface area (Å²) in [4.78, 5) is 8.41. The number of rotatable bonds is 8.